The molecule has 0 saturated heterocycles. The normalized spacial score (nSPS) is 11.4. The second-order valence-corrected chi connectivity index (χ2v) is 5.95. The summed E-state index contributed by atoms with van der Waals surface area (Å²) in [6, 6.07) is 7.50. The molecule has 0 aliphatic heterocycles. The first kappa shape index (κ1) is 20.3. The van der Waals surface area contributed by atoms with Crippen molar-refractivity contribution in [3.63, 3.8) is 0 Å². The molecule has 0 aliphatic carbocycles. The van der Waals surface area contributed by atoms with Gasteiger partial charge in [-0.15, -0.1) is 0 Å². The van der Waals surface area contributed by atoms with Gasteiger partial charge in [-0.3, -0.25) is 9.59 Å². The van der Waals surface area contributed by atoms with Crippen molar-refractivity contribution in [1.29, 1.82) is 0 Å². The number of rotatable bonds is 5. The van der Waals surface area contributed by atoms with Crippen molar-refractivity contribution in [3.8, 4) is 0 Å². The van der Waals surface area contributed by atoms with Gasteiger partial charge in [0, 0.05) is 18.3 Å². The van der Waals surface area contributed by atoms with E-state index in [1.807, 2.05) is 0 Å². The predicted octanol–water partition coefficient (Wildman–Crippen LogP) is 3.76. The summed E-state index contributed by atoms with van der Waals surface area (Å²) in [7, 11) is 0. The SMILES string of the molecule is CC(=O)Nc1ccc(NC(=O)C(C)OC(=O)c2cc(F)c(F)cc2Cl)cc1. The zero-order valence-electron chi connectivity index (χ0n) is 14.3. The quantitative estimate of drug-likeness (QED) is 0.595. The molecule has 0 aliphatic rings. The van der Waals surface area contributed by atoms with Crippen molar-refractivity contribution >= 4 is 40.8 Å². The van der Waals surface area contributed by atoms with Gasteiger partial charge in [-0.2, -0.15) is 0 Å². The van der Waals surface area contributed by atoms with Gasteiger partial charge in [-0.1, -0.05) is 11.6 Å². The van der Waals surface area contributed by atoms with Gasteiger partial charge >= 0.3 is 5.97 Å². The van der Waals surface area contributed by atoms with Crippen LogP contribution in [0.5, 0.6) is 0 Å². The number of hydrogen-bond donors (Lipinski definition) is 2. The number of halogens is 3. The Hall–Kier alpha value is -3.00. The van der Waals surface area contributed by atoms with E-state index in [1.165, 1.54) is 13.8 Å². The average molecular weight is 397 g/mol. The summed E-state index contributed by atoms with van der Waals surface area (Å²) in [6.07, 6.45) is -1.23. The van der Waals surface area contributed by atoms with Crippen LogP contribution in [0.2, 0.25) is 5.02 Å². The fraction of sp³-hybridized carbons (Fsp3) is 0.167. The summed E-state index contributed by atoms with van der Waals surface area (Å²) >= 11 is 5.70. The molecule has 0 spiro atoms. The molecule has 2 aromatic carbocycles. The van der Waals surface area contributed by atoms with Crippen LogP contribution in [0.4, 0.5) is 20.2 Å². The monoisotopic (exact) mass is 396 g/mol. The number of hydrogen-bond acceptors (Lipinski definition) is 4. The van der Waals surface area contributed by atoms with Crippen molar-refractivity contribution in [2.45, 2.75) is 20.0 Å². The average Bonchev–Trinajstić information content (AvgIpc) is 2.59. The molecule has 27 heavy (non-hydrogen) atoms. The summed E-state index contributed by atoms with van der Waals surface area (Å²) in [4.78, 5) is 35.1. The largest absolute Gasteiger partial charge is 0.449 e. The van der Waals surface area contributed by atoms with Gasteiger partial charge in [-0.05, 0) is 43.3 Å². The van der Waals surface area contributed by atoms with Crippen LogP contribution >= 0.6 is 11.6 Å². The number of ether oxygens (including phenoxy) is 1. The Morgan fingerprint density at radius 3 is 2.07 bits per heavy atom. The van der Waals surface area contributed by atoms with E-state index < -0.39 is 35.2 Å². The second-order valence-electron chi connectivity index (χ2n) is 5.54. The molecule has 2 amide bonds. The number of esters is 1. The van der Waals surface area contributed by atoms with Crippen molar-refractivity contribution < 1.29 is 27.9 Å². The molecule has 0 aromatic heterocycles. The number of anilines is 2. The standard InChI is InChI=1S/C18H15ClF2N2O4/c1-9(27-18(26)13-7-15(20)16(21)8-14(13)19)17(25)23-12-5-3-11(4-6-12)22-10(2)24/h3-9H,1-2H3,(H,22,24)(H,23,25). The van der Waals surface area contributed by atoms with E-state index in [2.05, 4.69) is 10.6 Å². The topological polar surface area (TPSA) is 84.5 Å². The molecule has 0 bridgehead atoms. The molecule has 142 valence electrons. The van der Waals surface area contributed by atoms with Crippen LogP contribution in [0.1, 0.15) is 24.2 Å². The molecule has 0 heterocycles. The first-order chi connectivity index (χ1) is 12.7. The van der Waals surface area contributed by atoms with Crippen molar-refractivity contribution in [2.24, 2.45) is 0 Å². The Morgan fingerprint density at radius 2 is 1.52 bits per heavy atom. The molecule has 2 aromatic rings. The highest BCUT2D eigenvalue weighted by atomic mass is 35.5. The number of carbonyl (C=O) groups is 3. The predicted molar refractivity (Wildman–Crippen MR) is 95.6 cm³/mol. The Bertz CT molecular complexity index is 888. The van der Waals surface area contributed by atoms with E-state index in [4.69, 9.17) is 16.3 Å². The fourth-order valence-corrected chi connectivity index (χ4v) is 2.27. The molecule has 1 unspecified atom stereocenters. The Morgan fingerprint density at radius 1 is 1.00 bits per heavy atom. The van der Waals surface area contributed by atoms with Crippen LogP contribution in [-0.4, -0.2) is 23.9 Å². The molecule has 6 nitrogen and oxygen atoms in total. The minimum atomic E-state index is -1.26. The molecular weight excluding hydrogens is 382 g/mol. The van der Waals surface area contributed by atoms with Gasteiger partial charge in [0.2, 0.25) is 5.91 Å². The highest BCUT2D eigenvalue weighted by molar-refractivity contribution is 6.33. The van der Waals surface area contributed by atoms with Crippen LogP contribution < -0.4 is 10.6 Å². The summed E-state index contributed by atoms with van der Waals surface area (Å²) in [5.41, 5.74) is 0.561. The molecule has 1 atom stereocenters. The lowest BCUT2D eigenvalue weighted by Gasteiger charge is -2.14. The van der Waals surface area contributed by atoms with Crippen LogP contribution in [0.3, 0.4) is 0 Å². The van der Waals surface area contributed by atoms with Crippen LogP contribution in [0, 0.1) is 11.6 Å². The van der Waals surface area contributed by atoms with E-state index in [0.29, 0.717) is 23.5 Å². The lowest BCUT2D eigenvalue weighted by atomic mass is 10.2. The maximum absolute atomic E-state index is 13.3. The third kappa shape index (κ3) is 5.49. The van der Waals surface area contributed by atoms with Gasteiger partial charge in [-0.25, -0.2) is 13.6 Å². The van der Waals surface area contributed by atoms with Gasteiger partial charge in [0.1, 0.15) is 0 Å². The molecule has 0 radical (unpaired) electrons. The molecule has 0 saturated carbocycles. The minimum absolute atomic E-state index is 0.233. The van der Waals surface area contributed by atoms with E-state index in [0.717, 1.165) is 0 Å². The molecular formula is C18H15ClF2N2O4. The third-order valence-electron chi connectivity index (χ3n) is 3.36. The lowest BCUT2D eigenvalue weighted by molar-refractivity contribution is -0.123. The van der Waals surface area contributed by atoms with Gasteiger partial charge < -0.3 is 15.4 Å². The van der Waals surface area contributed by atoms with Gasteiger partial charge in [0.25, 0.3) is 5.91 Å². The summed E-state index contributed by atoms with van der Waals surface area (Å²) in [5.74, 6) is -4.41. The molecule has 0 fully saturated rings. The fourth-order valence-electron chi connectivity index (χ4n) is 2.04. The third-order valence-corrected chi connectivity index (χ3v) is 3.67. The minimum Gasteiger partial charge on any atom is -0.449 e. The first-order valence-electron chi connectivity index (χ1n) is 7.71. The Balaban J connectivity index is 2.00. The lowest BCUT2D eigenvalue weighted by Crippen LogP contribution is -2.30. The van der Waals surface area contributed by atoms with Crippen molar-refractivity contribution in [3.05, 3.63) is 58.6 Å². The molecule has 2 rings (SSSR count). The van der Waals surface area contributed by atoms with E-state index in [1.54, 1.807) is 24.3 Å². The highest BCUT2D eigenvalue weighted by Crippen LogP contribution is 2.21. The van der Waals surface area contributed by atoms with E-state index >= 15 is 0 Å². The van der Waals surface area contributed by atoms with Crippen LogP contribution in [0.15, 0.2) is 36.4 Å². The van der Waals surface area contributed by atoms with E-state index in [9.17, 15) is 23.2 Å². The van der Waals surface area contributed by atoms with E-state index in [-0.39, 0.29) is 10.9 Å². The highest BCUT2D eigenvalue weighted by Gasteiger charge is 2.22. The van der Waals surface area contributed by atoms with Crippen molar-refractivity contribution in [1.82, 2.24) is 0 Å². The number of amides is 2. The number of carbonyl (C=O) groups excluding carboxylic acids is 3. The van der Waals surface area contributed by atoms with Crippen molar-refractivity contribution in [2.75, 3.05) is 10.6 Å². The van der Waals surface area contributed by atoms with Crippen LogP contribution in [-0.2, 0) is 14.3 Å². The maximum atomic E-state index is 13.3. The number of nitrogens with one attached hydrogen (secondary N) is 2. The zero-order chi connectivity index (χ0) is 20.1. The second kappa shape index (κ2) is 8.59. The maximum Gasteiger partial charge on any atom is 0.340 e. The summed E-state index contributed by atoms with van der Waals surface area (Å²) in [5, 5.41) is 4.76. The smallest absolute Gasteiger partial charge is 0.340 e. The number of benzene rings is 2. The van der Waals surface area contributed by atoms with Gasteiger partial charge in [0.05, 0.1) is 10.6 Å². The Labute approximate surface area is 158 Å². The molecule has 2 N–H and O–H groups in total. The Kier molecular flexibility index (Phi) is 6.46. The first-order valence-corrected chi connectivity index (χ1v) is 8.09. The summed E-state index contributed by atoms with van der Waals surface area (Å²) in [6.45, 7) is 2.68. The molecule has 9 heteroatoms. The summed E-state index contributed by atoms with van der Waals surface area (Å²) < 4.78 is 31.3. The van der Waals surface area contributed by atoms with Gasteiger partial charge in [0.15, 0.2) is 17.7 Å². The zero-order valence-corrected chi connectivity index (χ0v) is 15.1. The van der Waals surface area contributed by atoms with Crippen LogP contribution in [0.25, 0.3) is 0 Å².